The van der Waals surface area contributed by atoms with Gasteiger partial charge in [-0.2, -0.15) is 0 Å². The van der Waals surface area contributed by atoms with Crippen LogP contribution in [0.5, 0.6) is 5.75 Å². The Hall–Kier alpha value is -1.39. The lowest BCUT2D eigenvalue weighted by Crippen LogP contribution is -2.08. The van der Waals surface area contributed by atoms with Crippen LogP contribution in [0.4, 0.5) is 0 Å². The van der Waals surface area contributed by atoms with Crippen molar-refractivity contribution in [3.05, 3.63) is 46.4 Å². The molecule has 4 heteroatoms. The highest BCUT2D eigenvalue weighted by Crippen LogP contribution is 2.19. The fourth-order valence-electron chi connectivity index (χ4n) is 1.52. The first-order valence-corrected chi connectivity index (χ1v) is 6.54. The van der Waals surface area contributed by atoms with Gasteiger partial charge in [-0.1, -0.05) is 19.1 Å². The second-order valence-corrected chi connectivity index (χ2v) is 4.78. The van der Waals surface area contributed by atoms with Crippen LogP contribution < -0.4 is 10.5 Å². The first-order chi connectivity index (χ1) is 8.29. The standard InChI is InChI=1S/C13H16N2OS/c1-2-12(14)10-3-5-11(6-4-10)16-9-13-15-7-8-17-13/h3-8,12H,2,9,14H2,1H3/t12-/m1/s1. The smallest absolute Gasteiger partial charge is 0.140 e. The zero-order valence-corrected chi connectivity index (χ0v) is 10.6. The Bertz CT molecular complexity index is 439. The normalized spacial score (nSPS) is 12.4. The number of nitrogens with zero attached hydrogens (tertiary/aromatic N) is 1. The van der Waals surface area contributed by atoms with Gasteiger partial charge in [-0.15, -0.1) is 11.3 Å². The van der Waals surface area contributed by atoms with E-state index in [2.05, 4.69) is 11.9 Å². The molecule has 2 aromatic rings. The van der Waals surface area contributed by atoms with Crippen LogP contribution in [0, 0.1) is 0 Å². The van der Waals surface area contributed by atoms with E-state index in [4.69, 9.17) is 10.5 Å². The van der Waals surface area contributed by atoms with Crippen molar-refractivity contribution in [2.45, 2.75) is 26.0 Å². The van der Waals surface area contributed by atoms with Gasteiger partial charge in [0.2, 0.25) is 0 Å². The molecule has 1 aromatic carbocycles. The van der Waals surface area contributed by atoms with Crippen molar-refractivity contribution >= 4 is 11.3 Å². The van der Waals surface area contributed by atoms with Crippen LogP contribution in [0.3, 0.4) is 0 Å². The van der Waals surface area contributed by atoms with Gasteiger partial charge in [0.25, 0.3) is 0 Å². The van der Waals surface area contributed by atoms with Crippen LogP contribution in [0.2, 0.25) is 0 Å². The SMILES string of the molecule is CC[C@@H](N)c1ccc(OCc2nccs2)cc1. The third-order valence-electron chi connectivity index (χ3n) is 2.59. The van der Waals surface area contributed by atoms with Gasteiger partial charge < -0.3 is 10.5 Å². The van der Waals surface area contributed by atoms with E-state index in [1.165, 1.54) is 0 Å². The number of aromatic nitrogens is 1. The zero-order chi connectivity index (χ0) is 12.1. The first-order valence-electron chi connectivity index (χ1n) is 5.66. The monoisotopic (exact) mass is 248 g/mol. The summed E-state index contributed by atoms with van der Waals surface area (Å²) in [4.78, 5) is 4.16. The van der Waals surface area contributed by atoms with Crippen molar-refractivity contribution in [1.82, 2.24) is 4.98 Å². The Morgan fingerprint density at radius 3 is 2.71 bits per heavy atom. The molecule has 3 nitrogen and oxygen atoms in total. The fourth-order valence-corrected chi connectivity index (χ4v) is 2.04. The van der Waals surface area contributed by atoms with E-state index in [1.54, 1.807) is 17.5 Å². The molecule has 0 radical (unpaired) electrons. The number of nitrogens with two attached hydrogens (primary N) is 1. The van der Waals surface area contributed by atoms with E-state index in [0.29, 0.717) is 6.61 Å². The molecule has 0 saturated heterocycles. The van der Waals surface area contributed by atoms with Crippen LogP contribution in [0.25, 0.3) is 0 Å². The largest absolute Gasteiger partial charge is 0.486 e. The van der Waals surface area contributed by atoms with E-state index >= 15 is 0 Å². The predicted molar refractivity (Wildman–Crippen MR) is 70.1 cm³/mol. The highest BCUT2D eigenvalue weighted by molar-refractivity contribution is 7.09. The van der Waals surface area contributed by atoms with Gasteiger partial charge in [-0.05, 0) is 24.1 Å². The van der Waals surface area contributed by atoms with Crippen LogP contribution in [-0.4, -0.2) is 4.98 Å². The first kappa shape index (κ1) is 12.1. The zero-order valence-electron chi connectivity index (χ0n) is 9.80. The second kappa shape index (κ2) is 5.80. The number of rotatable bonds is 5. The van der Waals surface area contributed by atoms with Crippen molar-refractivity contribution in [1.29, 1.82) is 0 Å². The summed E-state index contributed by atoms with van der Waals surface area (Å²) in [5.41, 5.74) is 7.09. The number of ether oxygens (including phenoxy) is 1. The van der Waals surface area contributed by atoms with E-state index < -0.39 is 0 Å². The lowest BCUT2D eigenvalue weighted by atomic mass is 10.1. The van der Waals surface area contributed by atoms with Gasteiger partial charge in [0.15, 0.2) is 0 Å². The molecular weight excluding hydrogens is 232 g/mol. The van der Waals surface area contributed by atoms with Crippen molar-refractivity contribution < 1.29 is 4.74 Å². The molecule has 1 aromatic heterocycles. The van der Waals surface area contributed by atoms with E-state index in [1.807, 2.05) is 29.6 Å². The van der Waals surface area contributed by atoms with Crippen LogP contribution in [0.15, 0.2) is 35.8 Å². The number of benzene rings is 1. The minimum Gasteiger partial charge on any atom is -0.486 e. The molecule has 17 heavy (non-hydrogen) atoms. The molecule has 0 aliphatic carbocycles. The number of hydrogen-bond donors (Lipinski definition) is 1. The fraction of sp³-hybridized carbons (Fsp3) is 0.308. The van der Waals surface area contributed by atoms with E-state index in [9.17, 15) is 0 Å². The van der Waals surface area contributed by atoms with E-state index in [-0.39, 0.29) is 6.04 Å². The summed E-state index contributed by atoms with van der Waals surface area (Å²) in [6.45, 7) is 2.61. The van der Waals surface area contributed by atoms with Gasteiger partial charge in [0, 0.05) is 17.6 Å². The van der Waals surface area contributed by atoms with Gasteiger partial charge in [0.1, 0.15) is 17.4 Å². The maximum absolute atomic E-state index is 5.95. The lowest BCUT2D eigenvalue weighted by molar-refractivity contribution is 0.305. The summed E-state index contributed by atoms with van der Waals surface area (Å²) < 4.78 is 5.63. The molecule has 90 valence electrons. The molecule has 2 N–H and O–H groups in total. The third kappa shape index (κ3) is 3.28. The molecule has 0 bridgehead atoms. The predicted octanol–water partition coefficient (Wildman–Crippen LogP) is 3.13. The molecule has 1 heterocycles. The maximum Gasteiger partial charge on any atom is 0.140 e. The Morgan fingerprint density at radius 2 is 2.12 bits per heavy atom. The summed E-state index contributed by atoms with van der Waals surface area (Å²) in [6, 6.07) is 8.07. The molecule has 0 saturated carbocycles. The molecule has 0 aliphatic heterocycles. The van der Waals surface area contributed by atoms with Crippen LogP contribution >= 0.6 is 11.3 Å². The third-order valence-corrected chi connectivity index (χ3v) is 3.35. The summed E-state index contributed by atoms with van der Waals surface area (Å²) in [6.07, 6.45) is 2.73. The number of thiazole rings is 1. The van der Waals surface area contributed by atoms with Crippen molar-refractivity contribution in [2.75, 3.05) is 0 Å². The van der Waals surface area contributed by atoms with Gasteiger partial charge in [-0.25, -0.2) is 4.98 Å². The summed E-state index contributed by atoms with van der Waals surface area (Å²) in [7, 11) is 0. The van der Waals surface area contributed by atoms with Crippen molar-refractivity contribution in [3.8, 4) is 5.75 Å². The Labute approximate surface area is 105 Å². The summed E-state index contributed by atoms with van der Waals surface area (Å²) in [5.74, 6) is 0.854. The van der Waals surface area contributed by atoms with Crippen molar-refractivity contribution in [3.63, 3.8) is 0 Å². The minimum atomic E-state index is 0.114. The quantitative estimate of drug-likeness (QED) is 0.884. The van der Waals surface area contributed by atoms with E-state index in [0.717, 1.165) is 22.7 Å². The topological polar surface area (TPSA) is 48.1 Å². The Morgan fingerprint density at radius 1 is 1.35 bits per heavy atom. The molecule has 0 aliphatic rings. The average molecular weight is 248 g/mol. The summed E-state index contributed by atoms with van der Waals surface area (Å²) in [5, 5.41) is 2.93. The van der Waals surface area contributed by atoms with Crippen LogP contribution in [-0.2, 0) is 6.61 Å². The van der Waals surface area contributed by atoms with Gasteiger partial charge in [-0.3, -0.25) is 0 Å². The Balaban J connectivity index is 1.94. The lowest BCUT2D eigenvalue weighted by Gasteiger charge is -2.10. The molecule has 0 unspecified atom stereocenters. The Kier molecular flexibility index (Phi) is 4.12. The molecular formula is C13H16N2OS. The highest BCUT2D eigenvalue weighted by atomic mass is 32.1. The minimum absolute atomic E-state index is 0.114. The molecule has 2 rings (SSSR count). The summed E-state index contributed by atoms with van der Waals surface area (Å²) >= 11 is 1.60. The molecule has 0 fully saturated rings. The number of hydrogen-bond acceptors (Lipinski definition) is 4. The van der Waals surface area contributed by atoms with Crippen molar-refractivity contribution in [2.24, 2.45) is 5.73 Å². The van der Waals surface area contributed by atoms with Gasteiger partial charge >= 0.3 is 0 Å². The average Bonchev–Trinajstić information content (AvgIpc) is 2.89. The molecule has 1 atom stereocenters. The second-order valence-electron chi connectivity index (χ2n) is 3.80. The highest BCUT2D eigenvalue weighted by Gasteiger charge is 2.03. The van der Waals surface area contributed by atoms with Crippen LogP contribution in [0.1, 0.15) is 30.0 Å². The maximum atomic E-state index is 5.95. The molecule has 0 amide bonds. The van der Waals surface area contributed by atoms with Gasteiger partial charge in [0.05, 0.1) is 0 Å². The molecule has 0 spiro atoms.